The Morgan fingerprint density at radius 2 is 1.20 bits per heavy atom. The van der Waals surface area contributed by atoms with Crippen LogP contribution in [0.1, 0.15) is 36.4 Å². The van der Waals surface area contributed by atoms with E-state index in [-0.39, 0.29) is 35.3 Å². The molecule has 18 nitrogen and oxygen atoms in total. The number of nitrogens with one attached hydrogen (secondary N) is 4. The lowest BCUT2D eigenvalue weighted by Gasteiger charge is -2.10. The molecule has 8 rings (SSSR count). The first kappa shape index (κ1) is 45.9. The Labute approximate surface area is 377 Å². The normalized spacial score (nSPS) is 12.0. The van der Waals surface area contributed by atoms with Crippen molar-refractivity contribution in [1.29, 1.82) is 0 Å². The van der Waals surface area contributed by atoms with Crippen LogP contribution in [0.5, 0.6) is 0 Å². The lowest BCUT2D eigenvalue weighted by Crippen LogP contribution is -2.14. The molecule has 0 bridgehead atoms. The Hall–Kier alpha value is -8.10. The fourth-order valence-electron chi connectivity index (χ4n) is 7.11. The summed E-state index contributed by atoms with van der Waals surface area (Å²) in [4.78, 5) is 40.1. The third kappa shape index (κ3) is 10.1. The topological polar surface area (TPSA) is 220 Å². The van der Waals surface area contributed by atoms with Gasteiger partial charge in [0.05, 0.1) is 77.7 Å². The lowest BCUT2D eigenvalue weighted by atomic mass is 10.2. The SMILES string of the molecule is C=CC(=O)Nc1ccc2c(c1)c(C)cn2-c1nc(Nc2cn(CC(C)O)nc2C)ncc1F.C=CC(=O)Nc1ccc2c(c1)c(C)cn2-c1nc(Nc2cnn(CC(C)O)c2C)ncc1F. The number of benzene rings is 2. The second kappa shape index (κ2) is 19.3. The van der Waals surface area contributed by atoms with Gasteiger partial charge >= 0.3 is 0 Å². The molecule has 0 saturated heterocycles. The summed E-state index contributed by atoms with van der Waals surface area (Å²) in [5.74, 6) is -1.19. The van der Waals surface area contributed by atoms with E-state index in [2.05, 4.69) is 64.6 Å². The average molecular weight is 899 g/mol. The van der Waals surface area contributed by atoms with Crippen LogP contribution >= 0.6 is 0 Å². The number of hydrogen-bond acceptors (Lipinski definition) is 12. The molecule has 0 fully saturated rings. The zero-order valence-electron chi connectivity index (χ0n) is 37.0. The first-order valence-electron chi connectivity index (χ1n) is 20.6. The number of aliphatic hydroxyl groups excluding tert-OH is 2. The van der Waals surface area contributed by atoms with Crippen molar-refractivity contribution < 1.29 is 28.6 Å². The Morgan fingerprint density at radius 1 is 0.712 bits per heavy atom. The predicted octanol–water partition coefficient (Wildman–Crippen LogP) is 7.24. The van der Waals surface area contributed by atoms with Crippen LogP contribution in [0.4, 0.5) is 43.4 Å². The first-order chi connectivity index (χ1) is 31.5. The van der Waals surface area contributed by atoms with Crippen molar-refractivity contribution in [2.24, 2.45) is 0 Å². The molecule has 0 aliphatic heterocycles. The van der Waals surface area contributed by atoms with Crippen molar-refractivity contribution in [3.63, 3.8) is 0 Å². The lowest BCUT2D eigenvalue weighted by molar-refractivity contribution is -0.112. The minimum atomic E-state index is -0.581. The summed E-state index contributed by atoms with van der Waals surface area (Å²) in [5.41, 5.74) is 7.27. The van der Waals surface area contributed by atoms with Gasteiger partial charge in [0.2, 0.25) is 23.7 Å². The fraction of sp³-hybridized carbons (Fsp3) is 0.217. The van der Waals surface area contributed by atoms with Crippen LogP contribution in [0.25, 0.3) is 33.4 Å². The van der Waals surface area contributed by atoms with Gasteiger partial charge in [0.15, 0.2) is 23.3 Å². The number of carbonyl (C=O) groups is 2. The number of aliphatic hydroxyl groups is 2. The van der Waals surface area contributed by atoms with Gasteiger partial charge in [-0.15, -0.1) is 0 Å². The highest BCUT2D eigenvalue weighted by Gasteiger charge is 2.18. The van der Waals surface area contributed by atoms with Crippen LogP contribution in [0, 0.1) is 39.3 Å². The highest BCUT2D eigenvalue weighted by molar-refractivity contribution is 6.01. The molecular formula is C46H48F2N14O4. The number of halogens is 2. The van der Waals surface area contributed by atoms with E-state index in [0.29, 0.717) is 41.5 Å². The maximum Gasteiger partial charge on any atom is 0.247 e. The number of hydrogen-bond donors (Lipinski definition) is 6. The van der Waals surface area contributed by atoms with E-state index >= 15 is 0 Å². The van der Waals surface area contributed by atoms with Crippen LogP contribution in [-0.2, 0) is 22.7 Å². The highest BCUT2D eigenvalue weighted by atomic mass is 19.1. The predicted molar refractivity (Wildman–Crippen MR) is 249 cm³/mol. The van der Waals surface area contributed by atoms with Crippen LogP contribution in [0.2, 0.25) is 0 Å². The van der Waals surface area contributed by atoms with Crippen molar-refractivity contribution in [2.75, 3.05) is 21.3 Å². The van der Waals surface area contributed by atoms with E-state index in [1.165, 1.54) is 12.2 Å². The molecule has 6 N–H and O–H groups in total. The number of fused-ring (bicyclic) bond motifs is 2. The molecule has 66 heavy (non-hydrogen) atoms. The molecule has 0 aliphatic rings. The van der Waals surface area contributed by atoms with Gasteiger partial charge in [0.25, 0.3) is 0 Å². The van der Waals surface area contributed by atoms with Gasteiger partial charge < -0.3 is 31.5 Å². The molecule has 340 valence electrons. The molecule has 0 spiro atoms. The van der Waals surface area contributed by atoms with Crippen molar-refractivity contribution >= 4 is 68.3 Å². The number of carbonyl (C=O) groups excluding carboxylic acids is 2. The molecule has 2 unspecified atom stereocenters. The Bertz CT molecular complexity index is 2970. The van der Waals surface area contributed by atoms with Crippen molar-refractivity contribution in [3.05, 3.63) is 133 Å². The minimum Gasteiger partial charge on any atom is -0.391 e. The smallest absolute Gasteiger partial charge is 0.247 e. The molecule has 2 atom stereocenters. The Balaban J connectivity index is 0.000000196. The highest BCUT2D eigenvalue weighted by Crippen LogP contribution is 2.30. The molecule has 8 aromatic rings. The summed E-state index contributed by atoms with van der Waals surface area (Å²) in [6.45, 7) is 18.4. The average Bonchev–Trinajstić information content (AvgIpc) is 4.01. The zero-order valence-corrected chi connectivity index (χ0v) is 37.0. The molecule has 6 heterocycles. The van der Waals surface area contributed by atoms with Gasteiger partial charge in [-0.2, -0.15) is 20.2 Å². The third-order valence-corrected chi connectivity index (χ3v) is 10.3. The maximum absolute atomic E-state index is 14.8. The molecule has 0 radical (unpaired) electrons. The summed E-state index contributed by atoms with van der Waals surface area (Å²) >= 11 is 0. The molecule has 0 saturated carbocycles. The van der Waals surface area contributed by atoms with Gasteiger partial charge in [0.1, 0.15) is 0 Å². The van der Waals surface area contributed by atoms with Crippen LogP contribution in [-0.4, -0.2) is 82.9 Å². The van der Waals surface area contributed by atoms with Crippen LogP contribution in [0.15, 0.2) is 98.9 Å². The fourth-order valence-corrected chi connectivity index (χ4v) is 7.11. The number of anilines is 6. The number of rotatable bonds is 14. The third-order valence-electron chi connectivity index (χ3n) is 10.3. The Kier molecular flexibility index (Phi) is 13.4. The van der Waals surface area contributed by atoms with E-state index in [1.807, 2.05) is 39.8 Å². The molecular weight excluding hydrogens is 851 g/mol. The largest absolute Gasteiger partial charge is 0.391 e. The Morgan fingerprint density at radius 3 is 1.67 bits per heavy atom. The van der Waals surface area contributed by atoms with Gasteiger partial charge in [-0.1, -0.05) is 13.2 Å². The maximum atomic E-state index is 14.8. The van der Waals surface area contributed by atoms with Crippen LogP contribution < -0.4 is 21.3 Å². The van der Waals surface area contributed by atoms with Crippen LogP contribution in [0.3, 0.4) is 0 Å². The van der Waals surface area contributed by atoms with Crippen molar-refractivity contribution in [3.8, 4) is 11.6 Å². The number of amides is 2. The number of nitrogens with zero attached hydrogens (tertiary/aromatic N) is 10. The summed E-state index contributed by atoms with van der Waals surface area (Å²) in [7, 11) is 0. The van der Waals surface area contributed by atoms with E-state index in [4.69, 9.17) is 0 Å². The summed E-state index contributed by atoms with van der Waals surface area (Å²) in [6, 6.07) is 10.7. The quantitative estimate of drug-likeness (QED) is 0.0595. The van der Waals surface area contributed by atoms with Gasteiger partial charge in [0, 0.05) is 40.7 Å². The van der Waals surface area contributed by atoms with Gasteiger partial charge in [-0.3, -0.25) is 28.1 Å². The molecule has 2 amide bonds. The number of aryl methyl sites for hydroxylation is 3. The van der Waals surface area contributed by atoms with E-state index in [9.17, 15) is 28.6 Å². The zero-order chi connectivity index (χ0) is 47.4. The molecule has 2 aromatic carbocycles. The summed E-state index contributed by atoms with van der Waals surface area (Å²) in [5, 5.41) is 41.1. The van der Waals surface area contributed by atoms with E-state index in [1.54, 1.807) is 81.4 Å². The number of aromatic nitrogens is 10. The second-order valence-electron chi connectivity index (χ2n) is 15.6. The summed E-state index contributed by atoms with van der Waals surface area (Å²) < 4.78 is 36.1. The molecule has 6 aromatic heterocycles. The standard InChI is InChI=1S/2C23H24FN7O2/c1-5-21(33)27-16-6-7-20-17(8-16)13(2)11-30(20)22-18(24)9-25-23(29-22)28-19-10-26-31(15(19)4)12-14(3)32;1-5-21(33)26-16-6-7-20-17(8-16)13(2)10-31(20)22-18(24)9-25-23(28-22)27-19-12-30(11-14(3)32)29-15(19)4/h5-11,14,32H,1,12H2,2-4H3,(H,27,33)(H,25,28,29);5-10,12,14,32H,1,11H2,2-4H3,(H,26,33)(H,25,27,28). The second-order valence-corrected chi connectivity index (χ2v) is 15.6. The summed E-state index contributed by atoms with van der Waals surface area (Å²) in [6.07, 6.45) is 10.4. The monoisotopic (exact) mass is 898 g/mol. The molecule has 20 heteroatoms. The minimum absolute atomic E-state index is 0.0857. The van der Waals surface area contributed by atoms with E-state index in [0.717, 1.165) is 51.0 Å². The molecule has 0 aliphatic carbocycles. The van der Waals surface area contributed by atoms with E-state index < -0.39 is 23.8 Å². The van der Waals surface area contributed by atoms with Gasteiger partial charge in [-0.05, 0) is 101 Å². The first-order valence-corrected chi connectivity index (χ1v) is 20.6. The van der Waals surface area contributed by atoms with Gasteiger partial charge in [-0.25, -0.2) is 18.7 Å². The van der Waals surface area contributed by atoms with Crippen molar-refractivity contribution in [2.45, 2.75) is 66.8 Å². The van der Waals surface area contributed by atoms with Crippen molar-refractivity contribution in [1.82, 2.24) is 48.6 Å².